The molecule has 1 aromatic rings. The zero-order chi connectivity index (χ0) is 13.5. The summed E-state index contributed by atoms with van der Waals surface area (Å²) >= 11 is 0. The second-order valence-electron chi connectivity index (χ2n) is 4.10. The van der Waals surface area contributed by atoms with Gasteiger partial charge in [0.25, 0.3) is 0 Å². The van der Waals surface area contributed by atoms with E-state index in [1.54, 1.807) is 30.2 Å². The summed E-state index contributed by atoms with van der Waals surface area (Å²) in [4.78, 5) is 12.5. The normalized spacial score (nSPS) is 10.6. The Labute approximate surface area is 107 Å². The van der Waals surface area contributed by atoms with Gasteiger partial charge in [-0.25, -0.2) is 0 Å². The molecule has 1 rings (SSSR count). The highest BCUT2D eigenvalue weighted by atomic mass is 16.5. The number of hydrogen-bond acceptors (Lipinski definition) is 4. The number of ether oxygens (including phenoxy) is 1. The van der Waals surface area contributed by atoms with Gasteiger partial charge < -0.3 is 14.9 Å². The van der Waals surface area contributed by atoms with Crippen molar-refractivity contribution in [1.29, 1.82) is 0 Å². The van der Waals surface area contributed by atoms with Gasteiger partial charge in [-0.2, -0.15) is 0 Å². The van der Waals surface area contributed by atoms with Crippen LogP contribution in [0, 0.1) is 0 Å². The fourth-order valence-electron chi connectivity index (χ4n) is 1.78. The molecule has 0 spiro atoms. The maximum Gasteiger partial charge on any atom is 0.317 e. The Bertz CT molecular complexity index is 406. The highest BCUT2D eigenvalue weighted by Gasteiger charge is 2.12. The molecule has 0 unspecified atom stereocenters. The van der Waals surface area contributed by atoms with E-state index in [2.05, 4.69) is 0 Å². The Morgan fingerprint density at radius 1 is 1.44 bits per heavy atom. The molecule has 18 heavy (non-hydrogen) atoms. The fraction of sp³-hybridized carbons (Fsp3) is 0.462. The third kappa shape index (κ3) is 4.25. The number of phenols is 1. The Morgan fingerprint density at radius 3 is 2.72 bits per heavy atom. The van der Waals surface area contributed by atoms with Crippen LogP contribution in [0.5, 0.6) is 11.5 Å². The van der Waals surface area contributed by atoms with Gasteiger partial charge in [-0.3, -0.25) is 9.69 Å². The Balaban J connectivity index is 2.81. The first-order valence-corrected chi connectivity index (χ1v) is 5.86. The van der Waals surface area contributed by atoms with E-state index in [1.807, 2.05) is 6.92 Å². The van der Waals surface area contributed by atoms with Gasteiger partial charge in [-0.15, -0.1) is 0 Å². The summed E-state index contributed by atoms with van der Waals surface area (Å²) in [5.74, 6) is -0.0669. The number of aliphatic carboxylic acids is 1. The highest BCUT2D eigenvalue weighted by molar-refractivity contribution is 5.69. The molecule has 0 saturated heterocycles. The van der Waals surface area contributed by atoms with E-state index < -0.39 is 5.97 Å². The van der Waals surface area contributed by atoms with E-state index in [0.717, 1.165) is 6.42 Å². The van der Waals surface area contributed by atoms with Crippen molar-refractivity contribution in [2.45, 2.75) is 19.9 Å². The Morgan fingerprint density at radius 2 is 2.17 bits per heavy atom. The molecule has 0 amide bonds. The fourth-order valence-corrected chi connectivity index (χ4v) is 1.78. The number of hydrogen-bond donors (Lipinski definition) is 2. The minimum absolute atomic E-state index is 0.0372. The molecular weight excluding hydrogens is 234 g/mol. The number of aromatic hydroxyl groups is 1. The summed E-state index contributed by atoms with van der Waals surface area (Å²) in [5, 5.41) is 18.6. The molecule has 2 N–H and O–H groups in total. The van der Waals surface area contributed by atoms with Gasteiger partial charge in [0.15, 0.2) is 0 Å². The van der Waals surface area contributed by atoms with E-state index in [0.29, 0.717) is 24.4 Å². The minimum Gasteiger partial charge on any atom is -0.508 e. The topological polar surface area (TPSA) is 70.0 Å². The van der Waals surface area contributed by atoms with Gasteiger partial charge in [0, 0.05) is 12.1 Å². The van der Waals surface area contributed by atoms with Crippen LogP contribution in [0.15, 0.2) is 18.2 Å². The minimum atomic E-state index is -0.870. The number of carboxylic acid groups (broad SMARTS) is 1. The van der Waals surface area contributed by atoms with Crippen LogP contribution in [0.1, 0.15) is 18.9 Å². The summed E-state index contributed by atoms with van der Waals surface area (Å²) in [6.45, 7) is 3.01. The van der Waals surface area contributed by atoms with Crippen LogP contribution in [0.2, 0.25) is 0 Å². The lowest BCUT2D eigenvalue weighted by atomic mass is 10.1. The largest absolute Gasteiger partial charge is 0.508 e. The quantitative estimate of drug-likeness (QED) is 0.774. The molecule has 5 heteroatoms. The number of methoxy groups -OCH3 is 1. The molecule has 0 atom stereocenters. The van der Waals surface area contributed by atoms with Crippen molar-refractivity contribution in [3.63, 3.8) is 0 Å². The number of benzene rings is 1. The van der Waals surface area contributed by atoms with Crippen LogP contribution in [0.25, 0.3) is 0 Å². The molecule has 0 saturated carbocycles. The second-order valence-corrected chi connectivity index (χ2v) is 4.10. The number of carbonyl (C=O) groups is 1. The molecular formula is C13H19NO4. The monoisotopic (exact) mass is 253 g/mol. The standard InChI is InChI=1S/C13H19NO4/c1-3-6-14(9-13(16)17)8-10-7-11(18-2)4-5-12(10)15/h4-5,7,15H,3,6,8-9H2,1-2H3,(H,16,17). The maximum atomic E-state index is 10.8. The van der Waals surface area contributed by atoms with Crippen LogP contribution in [0.3, 0.4) is 0 Å². The summed E-state index contributed by atoms with van der Waals surface area (Å²) < 4.78 is 5.09. The zero-order valence-electron chi connectivity index (χ0n) is 10.7. The molecule has 0 aliphatic carbocycles. The summed E-state index contributed by atoms with van der Waals surface area (Å²) in [5.41, 5.74) is 0.670. The first-order chi connectivity index (χ1) is 8.56. The lowest BCUT2D eigenvalue weighted by Gasteiger charge is -2.20. The van der Waals surface area contributed by atoms with Crippen molar-refractivity contribution in [2.24, 2.45) is 0 Å². The van der Waals surface area contributed by atoms with Crippen molar-refractivity contribution in [1.82, 2.24) is 4.90 Å². The van der Waals surface area contributed by atoms with Gasteiger partial charge in [0.05, 0.1) is 13.7 Å². The summed E-state index contributed by atoms with van der Waals surface area (Å²) in [6.07, 6.45) is 0.859. The van der Waals surface area contributed by atoms with Crippen LogP contribution >= 0.6 is 0 Å². The molecule has 0 aromatic heterocycles. The molecule has 0 aliphatic rings. The van der Waals surface area contributed by atoms with Gasteiger partial charge >= 0.3 is 5.97 Å². The van der Waals surface area contributed by atoms with Crippen molar-refractivity contribution in [3.8, 4) is 11.5 Å². The third-order valence-electron chi connectivity index (χ3n) is 2.58. The second kappa shape index (κ2) is 6.86. The van der Waals surface area contributed by atoms with E-state index in [4.69, 9.17) is 9.84 Å². The number of phenolic OH excluding ortho intramolecular Hbond substituents is 1. The van der Waals surface area contributed by atoms with Crippen LogP contribution in [-0.2, 0) is 11.3 Å². The molecule has 0 aliphatic heterocycles. The predicted octanol–water partition coefficient (Wildman–Crippen LogP) is 1.70. The van der Waals surface area contributed by atoms with Gasteiger partial charge in [-0.05, 0) is 31.2 Å². The van der Waals surface area contributed by atoms with E-state index in [9.17, 15) is 9.90 Å². The highest BCUT2D eigenvalue weighted by Crippen LogP contribution is 2.24. The molecule has 0 radical (unpaired) electrons. The van der Waals surface area contributed by atoms with Gasteiger partial charge in [-0.1, -0.05) is 6.92 Å². The van der Waals surface area contributed by atoms with Crippen LogP contribution in [0.4, 0.5) is 0 Å². The van der Waals surface area contributed by atoms with Gasteiger partial charge in [0.2, 0.25) is 0 Å². The van der Waals surface area contributed by atoms with Crippen LogP contribution < -0.4 is 4.74 Å². The molecule has 0 heterocycles. The molecule has 0 bridgehead atoms. The van der Waals surface area contributed by atoms with Crippen molar-refractivity contribution in [2.75, 3.05) is 20.2 Å². The Kier molecular flexibility index (Phi) is 5.45. The lowest BCUT2D eigenvalue weighted by Crippen LogP contribution is -2.30. The maximum absolute atomic E-state index is 10.8. The van der Waals surface area contributed by atoms with Crippen molar-refractivity contribution < 1.29 is 19.7 Å². The summed E-state index contributed by atoms with van der Waals surface area (Å²) in [6, 6.07) is 4.94. The smallest absolute Gasteiger partial charge is 0.317 e. The predicted molar refractivity (Wildman–Crippen MR) is 67.9 cm³/mol. The lowest BCUT2D eigenvalue weighted by molar-refractivity contribution is -0.138. The van der Waals surface area contributed by atoms with Gasteiger partial charge in [0.1, 0.15) is 11.5 Å². The number of rotatable bonds is 7. The summed E-state index contributed by atoms with van der Waals surface area (Å²) in [7, 11) is 1.55. The molecule has 0 fully saturated rings. The van der Waals surface area contributed by atoms with Crippen LogP contribution in [-0.4, -0.2) is 41.3 Å². The first-order valence-electron chi connectivity index (χ1n) is 5.86. The van der Waals surface area contributed by atoms with E-state index in [1.165, 1.54) is 0 Å². The van der Waals surface area contributed by atoms with Crippen molar-refractivity contribution in [3.05, 3.63) is 23.8 Å². The average Bonchev–Trinajstić information content (AvgIpc) is 2.31. The number of carboxylic acids is 1. The SMILES string of the molecule is CCCN(CC(=O)O)Cc1cc(OC)ccc1O. The first kappa shape index (κ1) is 14.3. The molecule has 1 aromatic carbocycles. The molecule has 100 valence electrons. The zero-order valence-corrected chi connectivity index (χ0v) is 10.7. The third-order valence-corrected chi connectivity index (χ3v) is 2.58. The number of nitrogens with zero attached hydrogens (tertiary/aromatic N) is 1. The molecule has 5 nitrogen and oxygen atoms in total. The van der Waals surface area contributed by atoms with E-state index >= 15 is 0 Å². The van der Waals surface area contributed by atoms with E-state index in [-0.39, 0.29) is 12.3 Å². The van der Waals surface area contributed by atoms with Crippen molar-refractivity contribution >= 4 is 5.97 Å². The Hall–Kier alpha value is -1.75. The average molecular weight is 253 g/mol.